The molecule has 0 saturated heterocycles. The lowest BCUT2D eigenvalue weighted by Crippen LogP contribution is -2.24. The molecule has 0 aliphatic heterocycles. The van der Waals surface area contributed by atoms with Crippen LogP contribution in [0, 0.1) is 13.8 Å². The van der Waals surface area contributed by atoms with E-state index in [0.29, 0.717) is 6.04 Å². The highest BCUT2D eigenvalue weighted by Gasteiger charge is 2.13. The Balaban J connectivity index is 2.13. The van der Waals surface area contributed by atoms with Crippen LogP contribution >= 0.6 is 11.3 Å². The summed E-state index contributed by atoms with van der Waals surface area (Å²) in [6, 6.07) is 9.18. The van der Waals surface area contributed by atoms with Crippen molar-refractivity contribution >= 4 is 11.3 Å². The summed E-state index contributed by atoms with van der Waals surface area (Å²) in [4.78, 5) is 4.58. The Hall–Kier alpha value is -1.19. The lowest BCUT2D eigenvalue weighted by molar-refractivity contribution is 0.528. The van der Waals surface area contributed by atoms with Crippen LogP contribution in [0.1, 0.15) is 41.2 Å². The van der Waals surface area contributed by atoms with Gasteiger partial charge in [0.1, 0.15) is 0 Å². The van der Waals surface area contributed by atoms with Gasteiger partial charge in [0.15, 0.2) is 0 Å². The molecule has 1 atom stereocenters. The van der Waals surface area contributed by atoms with E-state index in [1.807, 2.05) is 0 Å². The number of thiazole rings is 1. The normalized spacial score (nSPS) is 12.6. The summed E-state index contributed by atoms with van der Waals surface area (Å²) < 4.78 is 0. The molecule has 2 nitrogen and oxygen atoms in total. The van der Waals surface area contributed by atoms with Crippen molar-refractivity contribution in [3.63, 3.8) is 0 Å². The topological polar surface area (TPSA) is 24.9 Å². The number of nitrogens with one attached hydrogen (secondary N) is 1. The maximum absolute atomic E-state index is 4.58. The van der Waals surface area contributed by atoms with Gasteiger partial charge in [0.05, 0.1) is 5.01 Å². The van der Waals surface area contributed by atoms with Gasteiger partial charge in [0.2, 0.25) is 0 Å². The summed E-state index contributed by atoms with van der Waals surface area (Å²) >= 11 is 1.76. The molecule has 1 heterocycles. The van der Waals surface area contributed by atoms with Crippen LogP contribution in [0.25, 0.3) is 0 Å². The van der Waals surface area contributed by atoms with Crippen LogP contribution in [-0.2, 0) is 6.42 Å². The van der Waals surface area contributed by atoms with Gasteiger partial charge in [-0.05, 0) is 32.4 Å². The predicted molar refractivity (Wildman–Crippen MR) is 82.8 cm³/mol. The number of hydrogen-bond acceptors (Lipinski definition) is 3. The highest BCUT2D eigenvalue weighted by molar-refractivity contribution is 7.09. The first-order valence-corrected chi connectivity index (χ1v) is 7.78. The molecule has 0 fully saturated rings. The average molecular weight is 274 g/mol. The van der Waals surface area contributed by atoms with Crippen LogP contribution < -0.4 is 5.32 Å². The maximum atomic E-state index is 4.58. The summed E-state index contributed by atoms with van der Waals surface area (Å²) in [5, 5.41) is 6.97. The monoisotopic (exact) mass is 274 g/mol. The van der Waals surface area contributed by atoms with Crippen LogP contribution in [0.5, 0.6) is 0 Å². The number of aromatic nitrogens is 1. The van der Waals surface area contributed by atoms with E-state index in [2.05, 4.69) is 60.7 Å². The smallest absolute Gasteiger partial charge is 0.0947 e. The largest absolute Gasteiger partial charge is 0.310 e. The molecule has 1 aromatic carbocycles. The first kappa shape index (κ1) is 14.2. The minimum Gasteiger partial charge on any atom is -0.310 e. The molecular formula is C16H22N2S. The van der Waals surface area contributed by atoms with Crippen molar-refractivity contribution in [2.45, 2.75) is 39.7 Å². The Kier molecular flexibility index (Phi) is 5.11. The highest BCUT2D eigenvalue weighted by Crippen LogP contribution is 2.21. The first-order chi connectivity index (χ1) is 9.19. The third-order valence-electron chi connectivity index (χ3n) is 3.17. The van der Waals surface area contributed by atoms with Crippen LogP contribution in [0.2, 0.25) is 0 Å². The van der Waals surface area contributed by atoms with Gasteiger partial charge in [-0.25, -0.2) is 4.98 Å². The predicted octanol–water partition coefficient (Wildman–Crippen LogP) is 4.04. The summed E-state index contributed by atoms with van der Waals surface area (Å²) in [5.74, 6) is 0. The van der Waals surface area contributed by atoms with Gasteiger partial charge in [-0.2, -0.15) is 0 Å². The molecule has 0 amide bonds. The summed E-state index contributed by atoms with van der Waals surface area (Å²) in [6.45, 7) is 7.43. The SMILES string of the molecule is CCCNC(Cc1nc(C)cs1)c1ccc(C)cc1. The fourth-order valence-corrected chi connectivity index (χ4v) is 2.92. The number of hydrogen-bond donors (Lipinski definition) is 1. The van der Waals surface area contributed by atoms with Crippen LogP contribution in [-0.4, -0.2) is 11.5 Å². The Morgan fingerprint density at radius 1 is 1.21 bits per heavy atom. The lowest BCUT2D eigenvalue weighted by atomic mass is 10.0. The fraction of sp³-hybridized carbons (Fsp3) is 0.438. The van der Waals surface area contributed by atoms with Crippen molar-refractivity contribution in [1.29, 1.82) is 0 Å². The van der Waals surface area contributed by atoms with Gasteiger partial charge in [-0.15, -0.1) is 11.3 Å². The number of aryl methyl sites for hydroxylation is 2. The van der Waals surface area contributed by atoms with E-state index in [9.17, 15) is 0 Å². The molecule has 1 unspecified atom stereocenters. The van der Waals surface area contributed by atoms with Crippen LogP contribution in [0.15, 0.2) is 29.6 Å². The molecule has 2 rings (SSSR count). The molecule has 0 aliphatic rings. The van der Waals surface area contributed by atoms with Crippen LogP contribution in [0.3, 0.4) is 0 Å². The van der Waals surface area contributed by atoms with Gasteiger partial charge in [-0.3, -0.25) is 0 Å². The van der Waals surface area contributed by atoms with E-state index < -0.39 is 0 Å². The molecule has 1 N–H and O–H groups in total. The zero-order valence-electron chi connectivity index (χ0n) is 11.9. The lowest BCUT2D eigenvalue weighted by Gasteiger charge is -2.18. The maximum Gasteiger partial charge on any atom is 0.0947 e. The van der Waals surface area contributed by atoms with Crippen molar-refractivity contribution < 1.29 is 0 Å². The van der Waals surface area contributed by atoms with Gasteiger partial charge in [0.25, 0.3) is 0 Å². The molecule has 0 bridgehead atoms. The molecule has 0 saturated carbocycles. The molecule has 1 aromatic heterocycles. The molecule has 19 heavy (non-hydrogen) atoms. The van der Waals surface area contributed by atoms with Gasteiger partial charge < -0.3 is 5.32 Å². The van der Waals surface area contributed by atoms with Gasteiger partial charge in [0, 0.05) is 23.5 Å². The summed E-state index contributed by atoms with van der Waals surface area (Å²) in [7, 11) is 0. The molecule has 0 radical (unpaired) electrons. The minimum atomic E-state index is 0.367. The molecule has 3 heteroatoms. The Morgan fingerprint density at radius 3 is 2.53 bits per heavy atom. The summed E-state index contributed by atoms with van der Waals surface area (Å²) in [5.41, 5.74) is 3.79. The average Bonchev–Trinajstić information content (AvgIpc) is 2.81. The molecular weight excluding hydrogens is 252 g/mol. The fourth-order valence-electron chi connectivity index (χ4n) is 2.10. The van der Waals surface area contributed by atoms with Crippen LogP contribution in [0.4, 0.5) is 0 Å². The first-order valence-electron chi connectivity index (χ1n) is 6.90. The zero-order valence-corrected chi connectivity index (χ0v) is 12.8. The highest BCUT2D eigenvalue weighted by atomic mass is 32.1. The third kappa shape index (κ3) is 4.15. The van der Waals surface area contributed by atoms with E-state index in [1.54, 1.807) is 11.3 Å². The van der Waals surface area contributed by atoms with E-state index in [4.69, 9.17) is 0 Å². The Bertz CT molecular complexity index is 502. The second kappa shape index (κ2) is 6.83. The standard InChI is InChI=1S/C16H22N2S/c1-4-9-17-15(10-16-18-13(3)11-19-16)14-7-5-12(2)6-8-14/h5-8,11,15,17H,4,9-10H2,1-3H3. The van der Waals surface area contributed by atoms with Gasteiger partial charge in [-0.1, -0.05) is 36.8 Å². The molecule has 0 spiro atoms. The second-order valence-electron chi connectivity index (χ2n) is 5.00. The number of benzene rings is 1. The third-order valence-corrected chi connectivity index (χ3v) is 4.15. The minimum absolute atomic E-state index is 0.367. The second-order valence-corrected chi connectivity index (χ2v) is 5.95. The van der Waals surface area contributed by atoms with E-state index in [0.717, 1.165) is 25.1 Å². The van der Waals surface area contributed by atoms with Crippen molar-refractivity contribution in [3.05, 3.63) is 51.5 Å². The van der Waals surface area contributed by atoms with E-state index in [-0.39, 0.29) is 0 Å². The van der Waals surface area contributed by atoms with Crippen molar-refractivity contribution in [3.8, 4) is 0 Å². The Labute approximate surface area is 119 Å². The van der Waals surface area contributed by atoms with E-state index in [1.165, 1.54) is 16.1 Å². The van der Waals surface area contributed by atoms with Crippen molar-refractivity contribution in [1.82, 2.24) is 10.3 Å². The quantitative estimate of drug-likeness (QED) is 0.860. The van der Waals surface area contributed by atoms with E-state index >= 15 is 0 Å². The number of nitrogens with zero attached hydrogens (tertiary/aromatic N) is 1. The molecule has 2 aromatic rings. The Morgan fingerprint density at radius 2 is 1.95 bits per heavy atom. The van der Waals surface area contributed by atoms with Gasteiger partial charge >= 0.3 is 0 Å². The van der Waals surface area contributed by atoms with Crippen molar-refractivity contribution in [2.24, 2.45) is 0 Å². The summed E-state index contributed by atoms with van der Waals surface area (Å²) in [6.07, 6.45) is 2.13. The molecule has 0 aliphatic carbocycles. The zero-order chi connectivity index (χ0) is 13.7. The molecule has 102 valence electrons. The number of rotatable bonds is 6. The van der Waals surface area contributed by atoms with Crippen molar-refractivity contribution in [2.75, 3.05) is 6.54 Å².